The molecule has 0 aliphatic rings. The van der Waals surface area contributed by atoms with E-state index in [0.717, 1.165) is 6.54 Å². The van der Waals surface area contributed by atoms with Crippen LogP contribution in [0.2, 0.25) is 0 Å². The smallest absolute Gasteiger partial charge is 0.0997 e. The first kappa shape index (κ1) is 10.7. The van der Waals surface area contributed by atoms with Crippen LogP contribution in [0, 0.1) is 0 Å². The maximum Gasteiger partial charge on any atom is 0.0997 e. The van der Waals surface area contributed by atoms with E-state index in [0.29, 0.717) is 0 Å². The Morgan fingerprint density at radius 1 is 1.09 bits per heavy atom. The van der Waals surface area contributed by atoms with Crippen LogP contribution in [-0.4, -0.2) is 30.7 Å². The van der Waals surface area contributed by atoms with Crippen LogP contribution in [0.1, 0.15) is 27.7 Å². The molecule has 1 heteroatoms. The summed E-state index contributed by atoms with van der Waals surface area (Å²) in [4.78, 5) is 0. The summed E-state index contributed by atoms with van der Waals surface area (Å²) in [7, 11) is 0. The molecule has 0 aromatic heterocycles. The highest BCUT2D eigenvalue weighted by molar-refractivity contribution is 4.87. The summed E-state index contributed by atoms with van der Waals surface area (Å²) < 4.78 is 1.19. The molecule has 0 bridgehead atoms. The fourth-order valence-electron chi connectivity index (χ4n) is 1.58. The number of likely N-dealkylation sites (N-methyl/N-ethyl adjacent to an activating group) is 1. The monoisotopic (exact) mass is 156 g/mol. The molecular weight excluding hydrogens is 134 g/mol. The molecule has 66 valence electrons. The third-order valence-corrected chi connectivity index (χ3v) is 2.62. The minimum absolute atomic E-state index is 1.14. The average Bonchev–Trinajstić information content (AvgIpc) is 2.00. The van der Waals surface area contributed by atoms with Gasteiger partial charge in [0.2, 0.25) is 0 Å². The predicted molar refractivity (Wildman–Crippen MR) is 51.6 cm³/mol. The molecule has 0 N–H and O–H groups in total. The molecule has 0 aromatic rings. The van der Waals surface area contributed by atoms with Gasteiger partial charge in [-0.3, -0.25) is 0 Å². The fourth-order valence-corrected chi connectivity index (χ4v) is 1.58. The van der Waals surface area contributed by atoms with Crippen molar-refractivity contribution in [1.82, 2.24) is 0 Å². The summed E-state index contributed by atoms with van der Waals surface area (Å²) >= 11 is 0. The Morgan fingerprint density at radius 2 is 1.45 bits per heavy atom. The molecule has 0 saturated carbocycles. The van der Waals surface area contributed by atoms with Gasteiger partial charge in [-0.25, -0.2) is 0 Å². The SMILES string of the molecule is C=C(C)C[N+](CC)(CC)CC. The molecule has 0 unspecified atom stereocenters. The van der Waals surface area contributed by atoms with Gasteiger partial charge in [-0.15, -0.1) is 0 Å². The molecule has 0 atom stereocenters. The lowest BCUT2D eigenvalue weighted by molar-refractivity contribution is -0.918. The Labute approximate surface area is 71.3 Å². The van der Waals surface area contributed by atoms with Crippen LogP contribution < -0.4 is 0 Å². The zero-order valence-corrected chi connectivity index (χ0v) is 8.48. The Bertz CT molecular complexity index is 115. The third kappa shape index (κ3) is 3.06. The summed E-state index contributed by atoms with van der Waals surface area (Å²) in [5.74, 6) is 0. The Balaban J connectivity index is 4.16. The lowest BCUT2D eigenvalue weighted by Crippen LogP contribution is -2.48. The lowest BCUT2D eigenvalue weighted by Gasteiger charge is -2.35. The van der Waals surface area contributed by atoms with Gasteiger partial charge >= 0.3 is 0 Å². The molecule has 0 aliphatic carbocycles. The van der Waals surface area contributed by atoms with Crippen molar-refractivity contribution in [3.63, 3.8) is 0 Å². The molecule has 0 aliphatic heterocycles. The van der Waals surface area contributed by atoms with Crippen LogP contribution in [0.3, 0.4) is 0 Å². The van der Waals surface area contributed by atoms with Crippen molar-refractivity contribution in [1.29, 1.82) is 0 Å². The van der Waals surface area contributed by atoms with Gasteiger partial charge < -0.3 is 4.48 Å². The molecule has 0 radical (unpaired) electrons. The van der Waals surface area contributed by atoms with Crippen LogP contribution in [0.5, 0.6) is 0 Å². The van der Waals surface area contributed by atoms with E-state index in [4.69, 9.17) is 0 Å². The summed E-state index contributed by atoms with van der Waals surface area (Å²) in [5.41, 5.74) is 1.30. The average molecular weight is 156 g/mol. The zero-order valence-electron chi connectivity index (χ0n) is 8.48. The Morgan fingerprint density at radius 3 is 1.55 bits per heavy atom. The first-order valence-electron chi connectivity index (χ1n) is 4.59. The highest BCUT2D eigenvalue weighted by Gasteiger charge is 2.19. The first-order chi connectivity index (χ1) is 5.10. The maximum atomic E-state index is 3.97. The van der Waals surface area contributed by atoms with E-state index < -0.39 is 0 Å². The molecule has 0 saturated heterocycles. The number of quaternary nitrogens is 1. The fraction of sp³-hybridized carbons (Fsp3) is 0.800. The van der Waals surface area contributed by atoms with Crippen molar-refractivity contribution < 1.29 is 4.48 Å². The minimum Gasteiger partial charge on any atom is -0.321 e. The maximum absolute atomic E-state index is 3.97. The van der Waals surface area contributed by atoms with Gasteiger partial charge in [0.05, 0.1) is 26.2 Å². The van der Waals surface area contributed by atoms with Gasteiger partial charge in [0, 0.05) is 0 Å². The first-order valence-corrected chi connectivity index (χ1v) is 4.59. The third-order valence-electron chi connectivity index (χ3n) is 2.62. The molecule has 0 fully saturated rings. The molecule has 0 heterocycles. The molecule has 0 aromatic carbocycles. The van der Waals surface area contributed by atoms with E-state index in [1.54, 1.807) is 0 Å². The summed E-state index contributed by atoms with van der Waals surface area (Å²) in [6.07, 6.45) is 0. The van der Waals surface area contributed by atoms with E-state index in [1.807, 2.05) is 0 Å². The van der Waals surface area contributed by atoms with Crippen LogP contribution in [0.25, 0.3) is 0 Å². The number of rotatable bonds is 5. The van der Waals surface area contributed by atoms with E-state index in [1.165, 1.54) is 29.7 Å². The predicted octanol–water partition coefficient (Wildman–Crippen LogP) is 2.44. The van der Waals surface area contributed by atoms with Crippen LogP contribution in [-0.2, 0) is 0 Å². The van der Waals surface area contributed by atoms with Gasteiger partial charge in [-0.05, 0) is 33.3 Å². The van der Waals surface area contributed by atoms with Gasteiger partial charge in [0.25, 0.3) is 0 Å². The molecule has 0 rings (SSSR count). The van der Waals surface area contributed by atoms with Gasteiger partial charge in [-0.1, -0.05) is 6.58 Å². The van der Waals surface area contributed by atoms with Crippen molar-refractivity contribution in [3.05, 3.63) is 12.2 Å². The Hall–Kier alpha value is -0.300. The van der Waals surface area contributed by atoms with Gasteiger partial charge in [0.1, 0.15) is 0 Å². The normalized spacial score (nSPS) is 11.6. The Kier molecular flexibility index (Phi) is 4.43. The van der Waals surface area contributed by atoms with Crippen LogP contribution in [0.4, 0.5) is 0 Å². The molecule has 11 heavy (non-hydrogen) atoms. The second-order valence-corrected chi connectivity index (χ2v) is 3.41. The minimum atomic E-state index is 1.14. The van der Waals surface area contributed by atoms with Crippen LogP contribution >= 0.6 is 0 Å². The highest BCUT2D eigenvalue weighted by Crippen LogP contribution is 2.08. The van der Waals surface area contributed by atoms with Crippen LogP contribution in [0.15, 0.2) is 12.2 Å². The largest absolute Gasteiger partial charge is 0.321 e. The van der Waals surface area contributed by atoms with Crippen molar-refractivity contribution >= 4 is 0 Å². The molecule has 0 spiro atoms. The molecule has 1 nitrogen and oxygen atoms in total. The van der Waals surface area contributed by atoms with E-state index in [9.17, 15) is 0 Å². The van der Waals surface area contributed by atoms with E-state index in [-0.39, 0.29) is 0 Å². The summed E-state index contributed by atoms with van der Waals surface area (Å²) in [6, 6.07) is 0. The number of hydrogen-bond donors (Lipinski definition) is 0. The second kappa shape index (κ2) is 4.55. The van der Waals surface area contributed by atoms with Crippen molar-refractivity contribution in [2.75, 3.05) is 26.2 Å². The standard InChI is InChI=1S/C10H22N/c1-6-11(7-2,8-3)9-10(4)5/h4,6-9H2,1-3,5H3/q+1. The summed E-state index contributed by atoms with van der Waals surface area (Å²) in [6.45, 7) is 17.7. The van der Waals surface area contributed by atoms with Gasteiger partial charge in [-0.2, -0.15) is 0 Å². The zero-order chi connectivity index (χ0) is 8.91. The number of nitrogens with zero attached hydrogens (tertiary/aromatic N) is 1. The van der Waals surface area contributed by atoms with E-state index in [2.05, 4.69) is 34.3 Å². The quantitative estimate of drug-likeness (QED) is 0.423. The van der Waals surface area contributed by atoms with Crippen molar-refractivity contribution in [2.45, 2.75) is 27.7 Å². The summed E-state index contributed by atoms with van der Waals surface area (Å²) in [5, 5.41) is 0. The number of hydrogen-bond acceptors (Lipinski definition) is 0. The van der Waals surface area contributed by atoms with Gasteiger partial charge in [0.15, 0.2) is 0 Å². The van der Waals surface area contributed by atoms with Crippen molar-refractivity contribution in [3.8, 4) is 0 Å². The molecular formula is C10H22N+. The van der Waals surface area contributed by atoms with E-state index >= 15 is 0 Å². The highest BCUT2D eigenvalue weighted by atomic mass is 15.3. The lowest BCUT2D eigenvalue weighted by atomic mass is 10.2. The molecule has 0 amide bonds. The second-order valence-electron chi connectivity index (χ2n) is 3.41. The van der Waals surface area contributed by atoms with Crippen molar-refractivity contribution in [2.24, 2.45) is 0 Å². The topological polar surface area (TPSA) is 0 Å².